The van der Waals surface area contributed by atoms with Crippen LogP contribution in [0.2, 0.25) is 0 Å². The smallest absolute Gasteiger partial charge is 0.250 e. The molecule has 6 nitrogen and oxygen atoms in total. The zero-order valence-corrected chi connectivity index (χ0v) is 14.1. The van der Waals surface area contributed by atoms with E-state index in [1.165, 1.54) is 0 Å². The van der Waals surface area contributed by atoms with E-state index >= 15 is 0 Å². The predicted octanol–water partition coefficient (Wildman–Crippen LogP) is 1.27. The van der Waals surface area contributed by atoms with E-state index in [9.17, 15) is 8.42 Å². The summed E-state index contributed by atoms with van der Waals surface area (Å²) in [5.74, 6) is 0. The van der Waals surface area contributed by atoms with Gasteiger partial charge >= 0.3 is 0 Å². The summed E-state index contributed by atoms with van der Waals surface area (Å²) < 4.78 is 37.1. The number of ether oxygens (including phenoxy) is 2. The molecule has 0 saturated heterocycles. The van der Waals surface area contributed by atoms with Crippen molar-refractivity contribution in [2.75, 3.05) is 33.5 Å². The number of thiophene rings is 1. The number of sulfonamides is 1. The molecular formula is C13H23NO5S2. The molecule has 1 aromatic heterocycles. The molecule has 8 heteroatoms. The first kappa shape index (κ1) is 18.5. The maximum atomic E-state index is 12.1. The number of aliphatic hydroxyl groups excluding tert-OH is 1. The van der Waals surface area contributed by atoms with Crippen LogP contribution in [0.25, 0.3) is 0 Å². The number of unbranched alkanes of at least 4 members (excludes halogenated alkanes) is 1. The summed E-state index contributed by atoms with van der Waals surface area (Å²) in [7, 11) is -1.86. The van der Waals surface area contributed by atoms with Gasteiger partial charge in [-0.3, -0.25) is 0 Å². The quantitative estimate of drug-likeness (QED) is 0.594. The molecule has 0 aromatic carbocycles. The second kappa shape index (κ2) is 9.50. The van der Waals surface area contributed by atoms with Crippen molar-refractivity contribution in [3.8, 4) is 0 Å². The molecule has 0 aliphatic heterocycles. The van der Waals surface area contributed by atoms with E-state index in [0.29, 0.717) is 37.7 Å². The summed E-state index contributed by atoms with van der Waals surface area (Å²) >= 11 is 1.10. The lowest BCUT2D eigenvalue weighted by molar-refractivity contribution is 0.0689. The maximum Gasteiger partial charge on any atom is 0.250 e. The van der Waals surface area contributed by atoms with Gasteiger partial charge in [-0.1, -0.05) is 0 Å². The minimum atomic E-state index is -3.48. The number of hydrogen-bond acceptors (Lipinski definition) is 6. The monoisotopic (exact) mass is 337 g/mol. The van der Waals surface area contributed by atoms with Crippen LogP contribution in [0.4, 0.5) is 0 Å². The van der Waals surface area contributed by atoms with Crippen molar-refractivity contribution < 1.29 is 23.0 Å². The molecule has 0 bridgehead atoms. The fraction of sp³-hybridized carbons (Fsp3) is 0.692. The Balaban J connectivity index is 2.30. The van der Waals surface area contributed by atoms with Gasteiger partial charge in [-0.05, 0) is 31.4 Å². The van der Waals surface area contributed by atoms with E-state index in [0.717, 1.165) is 23.3 Å². The normalized spacial score (nSPS) is 12.0. The molecule has 0 atom stereocenters. The highest BCUT2D eigenvalue weighted by molar-refractivity contribution is 7.91. The Bertz CT molecular complexity index is 513. The van der Waals surface area contributed by atoms with Crippen LogP contribution in [0.15, 0.2) is 10.3 Å². The lowest BCUT2D eigenvalue weighted by atomic mass is 10.3. The first-order valence-electron chi connectivity index (χ1n) is 6.77. The second-order valence-corrected chi connectivity index (χ2v) is 7.67. The maximum absolute atomic E-state index is 12.1. The van der Waals surface area contributed by atoms with Crippen LogP contribution in [0, 0.1) is 6.92 Å². The summed E-state index contributed by atoms with van der Waals surface area (Å²) in [6.07, 6.45) is 1.50. The standard InChI is InChI=1S/C13H23NO5S2/c1-11-9-13(20-12(11)10-15)21(16,17)14-5-3-4-6-19-8-7-18-2/h9,14-15H,3-8,10H2,1-2H3. The lowest BCUT2D eigenvalue weighted by Gasteiger charge is -2.05. The van der Waals surface area contributed by atoms with E-state index in [4.69, 9.17) is 14.6 Å². The number of hydrogen-bond donors (Lipinski definition) is 2. The van der Waals surface area contributed by atoms with Crippen LogP contribution < -0.4 is 4.72 Å². The van der Waals surface area contributed by atoms with Gasteiger partial charge in [0.15, 0.2) is 0 Å². The van der Waals surface area contributed by atoms with Crippen LogP contribution in [-0.4, -0.2) is 47.0 Å². The fourth-order valence-electron chi connectivity index (χ4n) is 1.63. The number of rotatable bonds is 11. The highest BCUT2D eigenvalue weighted by Gasteiger charge is 2.17. The average molecular weight is 337 g/mol. The van der Waals surface area contributed by atoms with Crippen molar-refractivity contribution in [1.82, 2.24) is 4.72 Å². The summed E-state index contributed by atoms with van der Waals surface area (Å²) in [4.78, 5) is 0.682. The fourth-order valence-corrected chi connectivity index (χ4v) is 4.20. The summed E-state index contributed by atoms with van der Waals surface area (Å²) in [6, 6.07) is 1.59. The molecule has 0 fully saturated rings. The molecule has 0 spiro atoms. The summed E-state index contributed by atoms with van der Waals surface area (Å²) in [5.41, 5.74) is 0.800. The van der Waals surface area contributed by atoms with Crippen molar-refractivity contribution in [2.24, 2.45) is 0 Å². The van der Waals surface area contributed by atoms with Gasteiger partial charge in [0.25, 0.3) is 0 Å². The molecule has 0 unspecified atom stereocenters. The van der Waals surface area contributed by atoms with Gasteiger partial charge in [-0.25, -0.2) is 13.1 Å². The van der Waals surface area contributed by atoms with Crippen LogP contribution in [0.1, 0.15) is 23.3 Å². The highest BCUT2D eigenvalue weighted by atomic mass is 32.2. The molecule has 0 aliphatic carbocycles. The Hall–Kier alpha value is -0.510. The van der Waals surface area contributed by atoms with Gasteiger partial charge in [0.05, 0.1) is 19.8 Å². The van der Waals surface area contributed by atoms with Gasteiger partial charge in [0.1, 0.15) is 4.21 Å². The number of methoxy groups -OCH3 is 1. The van der Waals surface area contributed by atoms with Gasteiger partial charge in [0, 0.05) is 25.1 Å². The molecule has 122 valence electrons. The Morgan fingerprint density at radius 2 is 2.05 bits per heavy atom. The van der Waals surface area contributed by atoms with Crippen LogP contribution in [0.5, 0.6) is 0 Å². The van der Waals surface area contributed by atoms with E-state index < -0.39 is 10.0 Å². The van der Waals surface area contributed by atoms with E-state index in [1.54, 1.807) is 20.1 Å². The largest absolute Gasteiger partial charge is 0.391 e. The first-order valence-corrected chi connectivity index (χ1v) is 9.07. The van der Waals surface area contributed by atoms with Crippen LogP contribution >= 0.6 is 11.3 Å². The third-order valence-corrected chi connectivity index (χ3v) is 6.00. The molecule has 1 aromatic rings. The second-order valence-electron chi connectivity index (χ2n) is 4.54. The van der Waals surface area contributed by atoms with Crippen molar-refractivity contribution in [2.45, 2.75) is 30.6 Å². The molecule has 0 radical (unpaired) electrons. The van der Waals surface area contributed by atoms with Crippen molar-refractivity contribution in [3.63, 3.8) is 0 Å². The third-order valence-electron chi connectivity index (χ3n) is 2.85. The Kier molecular flexibility index (Phi) is 8.38. The molecule has 0 amide bonds. The Morgan fingerprint density at radius 1 is 1.29 bits per heavy atom. The van der Waals surface area contributed by atoms with E-state index in [2.05, 4.69) is 4.72 Å². The third kappa shape index (κ3) is 6.41. The minimum absolute atomic E-state index is 0.134. The molecule has 1 rings (SSSR count). The zero-order valence-electron chi connectivity index (χ0n) is 12.4. The van der Waals surface area contributed by atoms with Gasteiger partial charge in [-0.15, -0.1) is 11.3 Å². The lowest BCUT2D eigenvalue weighted by Crippen LogP contribution is -2.24. The van der Waals surface area contributed by atoms with E-state index in [-0.39, 0.29) is 10.8 Å². The molecule has 0 saturated carbocycles. The van der Waals surface area contributed by atoms with E-state index in [1.807, 2.05) is 0 Å². The van der Waals surface area contributed by atoms with Crippen LogP contribution in [-0.2, 0) is 26.1 Å². The highest BCUT2D eigenvalue weighted by Crippen LogP contribution is 2.25. The number of aryl methyl sites for hydroxylation is 1. The minimum Gasteiger partial charge on any atom is -0.391 e. The topological polar surface area (TPSA) is 84.9 Å². The Labute approximate surface area is 130 Å². The SMILES string of the molecule is COCCOCCCCNS(=O)(=O)c1cc(C)c(CO)s1. The van der Waals surface area contributed by atoms with Crippen molar-refractivity contribution >= 4 is 21.4 Å². The number of nitrogens with one attached hydrogen (secondary N) is 1. The molecule has 2 N–H and O–H groups in total. The van der Waals surface area contributed by atoms with Gasteiger partial charge < -0.3 is 14.6 Å². The molecule has 21 heavy (non-hydrogen) atoms. The molecule has 0 aliphatic rings. The molecular weight excluding hydrogens is 314 g/mol. The first-order chi connectivity index (χ1) is 10.0. The van der Waals surface area contributed by atoms with Gasteiger partial charge in [0.2, 0.25) is 10.0 Å². The number of aliphatic hydroxyl groups is 1. The van der Waals surface area contributed by atoms with Crippen LogP contribution in [0.3, 0.4) is 0 Å². The zero-order chi connectivity index (χ0) is 15.7. The summed E-state index contributed by atoms with van der Waals surface area (Å²) in [6.45, 7) is 3.75. The van der Waals surface area contributed by atoms with Crippen molar-refractivity contribution in [3.05, 3.63) is 16.5 Å². The van der Waals surface area contributed by atoms with Crippen molar-refractivity contribution in [1.29, 1.82) is 0 Å². The predicted molar refractivity (Wildman–Crippen MR) is 82.1 cm³/mol. The Morgan fingerprint density at radius 3 is 2.67 bits per heavy atom. The van der Waals surface area contributed by atoms with Gasteiger partial charge in [-0.2, -0.15) is 0 Å². The average Bonchev–Trinajstić information content (AvgIpc) is 2.84. The summed E-state index contributed by atoms with van der Waals surface area (Å²) in [5, 5.41) is 9.10. The molecule has 1 heterocycles.